The average molecular weight is 325 g/mol. The lowest BCUT2D eigenvalue weighted by molar-refractivity contribution is -0.120. The molecule has 2 nitrogen and oxygen atoms in total. The molecule has 0 aromatic heterocycles. The SMILES string of the molecule is O=C(Nc1ccc(CSc2ccccc2)cc1)C1CCCCC1. The second-order valence-corrected chi connectivity index (χ2v) is 7.17. The van der Waals surface area contributed by atoms with E-state index < -0.39 is 0 Å². The maximum absolute atomic E-state index is 12.2. The monoisotopic (exact) mass is 325 g/mol. The number of anilines is 1. The maximum Gasteiger partial charge on any atom is 0.227 e. The van der Waals surface area contributed by atoms with E-state index in [1.807, 2.05) is 30.0 Å². The number of rotatable bonds is 5. The summed E-state index contributed by atoms with van der Waals surface area (Å²) in [5, 5.41) is 3.07. The molecule has 3 rings (SSSR count). The molecule has 3 heteroatoms. The lowest BCUT2D eigenvalue weighted by Crippen LogP contribution is -2.24. The Morgan fingerprint density at radius 2 is 1.65 bits per heavy atom. The largest absolute Gasteiger partial charge is 0.326 e. The first-order valence-electron chi connectivity index (χ1n) is 8.39. The molecular formula is C20H23NOS. The van der Waals surface area contributed by atoms with Gasteiger partial charge in [0.25, 0.3) is 0 Å². The number of hydrogen-bond donors (Lipinski definition) is 1. The van der Waals surface area contributed by atoms with Crippen molar-refractivity contribution in [3.8, 4) is 0 Å². The number of carbonyl (C=O) groups excluding carboxylic acids is 1. The average Bonchev–Trinajstić information content (AvgIpc) is 2.63. The van der Waals surface area contributed by atoms with Crippen LogP contribution < -0.4 is 5.32 Å². The van der Waals surface area contributed by atoms with Crippen LogP contribution in [0.1, 0.15) is 37.7 Å². The van der Waals surface area contributed by atoms with Gasteiger partial charge in [0, 0.05) is 22.3 Å². The Labute approximate surface area is 142 Å². The molecule has 2 aromatic rings. The van der Waals surface area contributed by atoms with Crippen LogP contribution in [0.3, 0.4) is 0 Å². The molecule has 0 bridgehead atoms. The van der Waals surface area contributed by atoms with E-state index in [0.717, 1.165) is 24.3 Å². The molecule has 0 saturated heterocycles. The molecule has 0 unspecified atom stereocenters. The summed E-state index contributed by atoms with van der Waals surface area (Å²) >= 11 is 1.83. The standard InChI is InChI=1S/C20H23NOS/c22-20(17-7-3-1-4-8-17)21-18-13-11-16(12-14-18)15-23-19-9-5-2-6-10-19/h2,5-6,9-14,17H,1,3-4,7-8,15H2,(H,21,22). The molecule has 1 aliphatic rings. The van der Waals surface area contributed by atoms with Crippen LogP contribution in [0, 0.1) is 5.92 Å². The minimum atomic E-state index is 0.191. The Bertz CT molecular complexity index is 618. The second kappa shape index (κ2) is 8.21. The summed E-state index contributed by atoms with van der Waals surface area (Å²) in [5.74, 6) is 1.34. The predicted molar refractivity (Wildman–Crippen MR) is 97.6 cm³/mol. The van der Waals surface area contributed by atoms with Crippen molar-refractivity contribution in [2.24, 2.45) is 5.92 Å². The summed E-state index contributed by atoms with van der Waals surface area (Å²) in [6.07, 6.45) is 5.73. The van der Waals surface area contributed by atoms with E-state index in [2.05, 4.69) is 41.7 Å². The lowest BCUT2D eigenvalue weighted by atomic mass is 9.88. The Morgan fingerprint density at radius 3 is 2.35 bits per heavy atom. The van der Waals surface area contributed by atoms with Crippen LogP contribution in [0.15, 0.2) is 59.5 Å². The van der Waals surface area contributed by atoms with Crippen LogP contribution in [0.25, 0.3) is 0 Å². The van der Waals surface area contributed by atoms with Crippen molar-refractivity contribution in [2.45, 2.75) is 42.8 Å². The Balaban J connectivity index is 1.51. The highest BCUT2D eigenvalue weighted by molar-refractivity contribution is 7.98. The molecule has 0 radical (unpaired) electrons. The molecular weight excluding hydrogens is 302 g/mol. The molecule has 120 valence electrons. The van der Waals surface area contributed by atoms with Gasteiger partial charge in [-0.05, 0) is 42.7 Å². The zero-order chi connectivity index (χ0) is 15.9. The number of thioether (sulfide) groups is 1. The van der Waals surface area contributed by atoms with E-state index in [4.69, 9.17) is 0 Å². The maximum atomic E-state index is 12.2. The molecule has 1 fully saturated rings. The van der Waals surface area contributed by atoms with Crippen molar-refractivity contribution >= 4 is 23.4 Å². The van der Waals surface area contributed by atoms with Gasteiger partial charge in [-0.2, -0.15) is 0 Å². The molecule has 1 saturated carbocycles. The minimum absolute atomic E-state index is 0.191. The molecule has 0 spiro atoms. The lowest BCUT2D eigenvalue weighted by Gasteiger charge is -2.20. The highest BCUT2D eigenvalue weighted by atomic mass is 32.2. The minimum Gasteiger partial charge on any atom is -0.326 e. The second-order valence-electron chi connectivity index (χ2n) is 6.12. The van der Waals surface area contributed by atoms with E-state index in [1.54, 1.807) is 0 Å². The first-order chi connectivity index (χ1) is 11.3. The fourth-order valence-electron chi connectivity index (χ4n) is 2.98. The highest BCUT2D eigenvalue weighted by Gasteiger charge is 2.20. The Hall–Kier alpha value is -1.74. The first-order valence-corrected chi connectivity index (χ1v) is 9.37. The summed E-state index contributed by atoms with van der Waals surface area (Å²) in [5.41, 5.74) is 2.18. The molecule has 1 N–H and O–H groups in total. The van der Waals surface area contributed by atoms with Gasteiger partial charge in [-0.15, -0.1) is 11.8 Å². The van der Waals surface area contributed by atoms with Crippen LogP contribution in [0.4, 0.5) is 5.69 Å². The Morgan fingerprint density at radius 1 is 0.957 bits per heavy atom. The van der Waals surface area contributed by atoms with Gasteiger partial charge in [0.05, 0.1) is 0 Å². The van der Waals surface area contributed by atoms with Crippen molar-refractivity contribution in [1.29, 1.82) is 0 Å². The van der Waals surface area contributed by atoms with Crippen LogP contribution in [-0.2, 0) is 10.5 Å². The van der Waals surface area contributed by atoms with Gasteiger partial charge in [0.15, 0.2) is 0 Å². The summed E-state index contributed by atoms with van der Waals surface area (Å²) < 4.78 is 0. The summed E-state index contributed by atoms with van der Waals surface area (Å²) in [6.45, 7) is 0. The molecule has 1 amide bonds. The summed E-state index contributed by atoms with van der Waals surface area (Å²) in [7, 11) is 0. The van der Waals surface area contributed by atoms with Crippen molar-refractivity contribution in [1.82, 2.24) is 0 Å². The molecule has 23 heavy (non-hydrogen) atoms. The van der Waals surface area contributed by atoms with E-state index in [-0.39, 0.29) is 11.8 Å². The Kier molecular flexibility index (Phi) is 5.76. The van der Waals surface area contributed by atoms with Gasteiger partial charge in [-0.25, -0.2) is 0 Å². The van der Waals surface area contributed by atoms with Crippen LogP contribution in [-0.4, -0.2) is 5.91 Å². The third kappa shape index (κ3) is 4.87. The summed E-state index contributed by atoms with van der Waals surface area (Å²) in [6, 6.07) is 18.7. The van der Waals surface area contributed by atoms with Crippen molar-refractivity contribution in [3.63, 3.8) is 0 Å². The smallest absolute Gasteiger partial charge is 0.227 e. The van der Waals surface area contributed by atoms with Gasteiger partial charge in [-0.3, -0.25) is 4.79 Å². The zero-order valence-electron chi connectivity index (χ0n) is 13.3. The van der Waals surface area contributed by atoms with Crippen LogP contribution in [0.2, 0.25) is 0 Å². The zero-order valence-corrected chi connectivity index (χ0v) is 14.1. The third-order valence-corrected chi connectivity index (χ3v) is 5.43. The van der Waals surface area contributed by atoms with Gasteiger partial charge in [0.1, 0.15) is 0 Å². The van der Waals surface area contributed by atoms with Crippen molar-refractivity contribution in [3.05, 3.63) is 60.2 Å². The van der Waals surface area contributed by atoms with E-state index in [0.29, 0.717) is 0 Å². The van der Waals surface area contributed by atoms with E-state index in [1.165, 1.54) is 29.7 Å². The normalized spacial score (nSPS) is 15.3. The van der Waals surface area contributed by atoms with E-state index >= 15 is 0 Å². The third-order valence-electron chi connectivity index (χ3n) is 4.35. The summed E-state index contributed by atoms with van der Waals surface area (Å²) in [4.78, 5) is 13.5. The van der Waals surface area contributed by atoms with Gasteiger partial charge >= 0.3 is 0 Å². The molecule has 0 aliphatic heterocycles. The van der Waals surface area contributed by atoms with Crippen LogP contribution >= 0.6 is 11.8 Å². The number of amides is 1. The predicted octanol–water partition coefficient (Wildman–Crippen LogP) is 5.50. The van der Waals surface area contributed by atoms with Crippen molar-refractivity contribution < 1.29 is 4.79 Å². The topological polar surface area (TPSA) is 29.1 Å². The number of hydrogen-bond acceptors (Lipinski definition) is 2. The number of carbonyl (C=O) groups is 1. The van der Waals surface area contributed by atoms with Crippen molar-refractivity contribution in [2.75, 3.05) is 5.32 Å². The van der Waals surface area contributed by atoms with Crippen LogP contribution in [0.5, 0.6) is 0 Å². The van der Waals surface area contributed by atoms with Gasteiger partial charge < -0.3 is 5.32 Å². The fourth-order valence-corrected chi connectivity index (χ4v) is 3.85. The van der Waals surface area contributed by atoms with Gasteiger partial charge in [-0.1, -0.05) is 49.6 Å². The highest BCUT2D eigenvalue weighted by Crippen LogP contribution is 2.26. The number of nitrogens with one attached hydrogen (secondary N) is 1. The van der Waals surface area contributed by atoms with E-state index in [9.17, 15) is 4.79 Å². The molecule has 0 heterocycles. The first kappa shape index (κ1) is 16.1. The van der Waals surface area contributed by atoms with Gasteiger partial charge in [0.2, 0.25) is 5.91 Å². The molecule has 2 aromatic carbocycles. The molecule has 1 aliphatic carbocycles. The molecule has 0 atom stereocenters. The quantitative estimate of drug-likeness (QED) is 0.736. The fraction of sp³-hybridized carbons (Fsp3) is 0.350. The number of benzene rings is 2.